The molecule has 1 aromatic rings. The predicted octanol–water partition coefficient (Wildman–Crippen LogP) is 0.449. The van der Waals surface area contributed by atoms with Crippen molar-refractivity contribution < 1.29 is 19.1 Å². The summed E-state index contributed by atoms with van der Waals surface area (Å²) in [5.41, 5.74) is 1.96. The van der Waals surface area contributed by atoms with Gasteiger partial charge in [-0.25, -0.2) is 9.59 Å². The molecule has 0 bridgehead atoms. The van der Waals surface area contributed by atoms with Crippen molar-refractivity contribution in [2.24, 2.45) is 0 Å². The first kappa shape index (κ1) is 9.21. The zero-order chi connectivity index (χ0) is 11.1. The van der Waals surface area contributed by atoms with Gasteiger partial charge in [-0.1, -0.05) is 18.2 Å². The van der Waals surface area contributed by atoms with E-state index < -0.39 is 24.3 Å². The maximum Gasteiger partial charge on any atom is 0.419 e. The van der Waals surface area contributed by atoms with Crippen LogP contribution in [0.15, 0.2) is 24.3 Å². The number of ether oxygens (including phenoxy) is 2. The number of hydrogen-bond donors (Lipinski definition) is 1. The Labute approximate surface area is 91.3 Å². The van der Waals surface area contributed by atoms with Gasteiger partial charge in [-0.05, 0) is 11.6 Å². The maximum atomic E-state index is 11.0. The van der Waals surface area contributed by atoms with Crippen LogP contribution in [0.2, 0.25) is 0 Å². The molecule has 0 amide bonds. The van der Waals surface area contributed by atoms with E-state index in [1.807, 2.05) is 24.3 Å². The van der Waals surface area contributed by atoms with Gasteiger partial charge in [0.25, 0.3) is 0 Å². The summed E-state index contributed by atoms with van der Waals surface area (Å²) in [4.78, 5) is 22.1. The standard InChI is InChI=1S/C11H9NO4/c13-10-11(14)16-9-8(15-10)5-6-3-1-2-4-7(6)12-9/h1-4,8-9,12H,5H2. The van der Waals surface area contributed by atoms with Crippen molar-refractivity contribution in [1.82, 2.24) is 0 Å². The lowest BCUT2D eigenvalue weighted by molar-refractivity contribution is -0.192. The Morgan fingerprint density at radius 1 is 1.12 bits per heavy atom. The van der Waals surface area contributed by atoms with Gasteiger partial charge in [0.1, 0.15) is 0 Å². The Morgan fingerprint density at radius 3 is 2.75 bits per heavy atom. The maximum absolute atomic E-state index is 11.0. The molecule has 5 heteroatoms. The van der Waals surface area contributed by atoms with Crippen molar-refractivity contribution in [3.63, 3.8) is 0 Å². The first-order valence-electron chi connectivity index (χ1n) is 5.00. The van der Waals surface area contributed by atoms with E-state index in [1.165, 1.54) is 0 Å². The highest BCUT2D eigenvalue weighted by Crippen LogP contribution is 2.28. The average Bonchev–Trinajstić information content (AvgIpc) is 2.28. The van der Waals surface area contributed by atoms with Crippen LogP contribution in [-0.4, -0.2) is 24.3 Å². The number of benzene rings is 1. The minimum atomic E-state index is -0.937. The van der Waals surface area contributed by atoms with Crippen LogP contribution >= 0.6 is 0 Å². The quantitative estimate of drug-likeness (QED) is 0.507. The lowest BCUT2D eigenvalue weighted by Gasteiger charge is -2.35. The summed E-state index contributed by atoms with van der Waals surface area (Å²) in [6, 6.07) is 7.65. The Morgan fingerprint density at radius 2 is 1.88 bits per heavy atom. The first-order chi connectivity index (χ1) is 7.74. The average molecular weight is 219 g/mol. The van der Waals surface area contributed by atoms with Crippen LogP contribution in [0.5, 0.6) is 0 Å². The molecule has 2 unspecified atom stereocenters. The fourth-order valence-electron chi connectivity index (χ4n) is 1.97. The monoisotopic (exact) mass is 219 g/mol. The highest BCUT2D eigenvalue weighted by molar-refractivity contribution is 6.30. The van der Waals surface area contributed by atoms with Crippen molar-refractivity contribution in [2.75, 3.05) is 5.32 Å². The van der Waals surface area contributed by atoms with Crippen LogP contribution in [0.3, 0.4) is 0 Å². The highest BCUT2D eigenvalue weighted by atomic mass is 16.7. The van der Waals surface area contributed by atoms with Gasteiger partial charge < -0.3 is 14.8 Å². The van der Waals surface area contributed by atoms with Gasteiger partial charge in [-0.2, -0.15) is 0 Å². The van der Waals surface area contributed by atoms with E-state index in [0.717, 1.165) is 11.3 Å². The molecule has 16 heavy (non-hydrogen) atoms. The van der Waals surface area contributed by atoms with Crippen LogP contribution < -0.4 is 5.32 Å². The van der Waals surface area contributed by atoms with Gasteiger partial charge in [0.05, 0.1) is 0 Å². The lowest BCUT2D eigenvalue weighted by Crippen LogP contribution is -2.51. The second-order valence-electron chi connectivity index (χ2n) is 3.78. The summed E-state index contributed by atoms with van der Waals surface area (Å²) in [6.45, 7) is 0. The summed E-state index contributed by atoms with van der Waals surface area (Å²) in [7, 11) is 0. The van der Waals surface area contributed by atoms with Crippen molar-refractivity contribution >= 4 is 17.6 Å². The third-order valence-corrected chi connectivity index (χ3v) is 2.73. The summed E-state index contributed by atoms with van der Waals surface area (Å²) in [6.07, 6.45) is -0.437. The Hall–Kier alpha value is -2.04. The number of hydrogen-bond acceptors (Lipinski definition) is 5. The minimum Gasteiger partial charge on any atom is -0.448 e. The Balaban J connectivity index is 1.91. The number of carbonyl (C=O) groups excluding carboxylic acids is 2. The Bertz CT molecular complexity index is 428. The number of carbonyl (C=O) groups is 2. The third kappa shape index (κ3) is 1.32. The number of rotatable bonds is 0. The molecule has 0 spiro atoms. The lowest BCUT2D eigenvalue weighted by atomic mass is 10.00. The van der Waals surface area contributed by atoms with Gasteiger partial charge in [-0.15, -0.1) is 0 Å². The molecular weight excluding hydrogens is 210 g/mol. The number of fused-ring (bicyclic) bond motifs is 2. The van der Waals surface area contributed by atoms with Crippen molar-refractivity contribution in [1.29, 1.82) is 0 Å². The van der Waals surface area contributed by atoms with E-state index in [-0.39, 0.29) is 0 Å². The van der Waals surface area contributed by atoms with Crippen LogP contribution in [0.1, 0.15) is 5.56 Å². The summed E-state index contributed by atoms with van der Waals surface area (Å²) in [5, 5.41) is 3.03. The molecule has 82 valence electrons. The van der Waals surface area contributed by atoms with E-state index in [2.05, 4.69) is 5.32 Å². The zero-order valence-electron chi connectivity index (χ0n) is 8.30. The first-order valence-corrected chi connectivity index (χ1v) is 5.00. The number of para-hydroxylation sites is 1. The normalized spacial score (nSPS) is 27.0. The number of nitrogens with one attached hydrogen (secondary N) is 1. The van der Waals surface area contributed by atoms with E-state index in [0.29, 0.717) is 6.42 Å². The molecule has 2 atom stereocenters. The van der Waals surface area contributed by atoms with Crippen molar-refractivity contribution in [3.8, 4) is 0 Å². The Kier molecular flexibility index (Phi) is 1.86. The smallest absolute Gasteiger partial charge is 0.419 e. The molecule has 1 N–H and O–H groups in total. The van der Waals surface area contributed by atoms with Crippen LogP contribution in [-0.2, 0) is 25.5 Å². The number of esters is 2. The van der Waals surface area contributed by atoms with E-state index in [4.69, 9.17) is 9.47 Å². The predicted molar refractivity (Wildman–Crippen MR) is 53.5 cm³/mol. The second kappa shape index (κ2) is 3.23. The second-order valence-corrected chi connectivity index (χ2v) is 3.78. The molecule has 2 aliphatic rings. The molecule has 5 nitrogen and oxygen atoms in total. The van der Waals surface area contributed by atoms with E-state index in [1.54, 1.807) is 0 Å². The van der Waals surface area contributed by atoms with Gasteiger partial charge in [0.2, 0.25) is 6.23 Å². The fraction of sp³-hybridized carbons (Fsp3) is 0.273. The fourth-order valence-corrected chi connectivity index (χ4v) is 1.97. The summed E-state index contributed by atoms with van der Waals surface area (Å²) >= 11 is 0. The molecule has 0 radical (unpaired) electrons. The van der Waals surface area contributed by atoms with Crippen LogP contribution in [0.25, 0.3) is 0 Å². The zero-order valence-corrected chi connectivity index (χ0v) is 8.30. The molecular formula is C11H9NO4. The minimum absolute atomic E-state index is 0.430. The largest absolute Gasteiger partial charge is 0.448 e. The van der Waals surface area contributed by atoms with Crippen LogP contribution in [0, 0.1) is 0 Å². The van der Waals surface area contributed by atoms with Gasteiger partial charge >= 0.3 is 11.9 Å². The van der Waals surface area contributed by atoms with Crippen molar-refractivity contribution in [2.45, 2.75) is 18.8 Å². The van der Waals surface area contributed by atoms with E-state index in [9.17, 15) is 9.59 Å². The molecule has 0 saturated carbocycles. The molecule has 3 rings (SSSR count). The molecule has 2 aliphatic heterocycles. The highest BCUT2D eigenvalue weighted by Gasteiger charge is 2.41. The molecule has 0 aliphatic carbocycles. The SMILES string of the molecule is O=C1OC2Cc3ccccc3NC2OC1=O. The van der Waals surface area contributed by atoms with Crippen LogP contribution in [0.4, 0.5) is 5.69 Å². The topological polar surface area (TPSA) is 64.6 Å². The molecule has 2 heterocycles. The van der Waals surface area contributed by atoms with Gasteiger partial charge in [0, 0.05) is 12.1 Å². The molecule has 0 aromatic heterocycles. The summed E-state index contributed by atoms with van der Waals surface area (Å²) in [5.74, 6) is -1.85. The molecule has 1 fully saturated rings. The van der Waals surface area contributed by atoms with Gasteiger partial charge in [0.15, 0.2) is 6.10 Å². The molecule has 1 aromatic carbocycles. The number of anilines is 1. The summed E-state index contributed by atoms with van der Waals surface area (Å²) < 4.78 is 9.92. The third-order valence-electron chi connectivity index (χ3n) is 2.73. The van der Waals surface area contributed by atoms with Gasteiger partial charge in [-0.3, -0.25) is 0 Å². The van der Waals surface area contributed by atoms with Crippen molar-refractivity contribution in [3.05, 3.63) is 29.8 Å². The molecule has 1 saturated heterocycles. The van der Waals surface area contributed by atoms with E-state index >= 15 is 0 Å².